The quantitative estimate of drug-likeness (QED) is 0.825. The number of nitrogens with two attached hydrogens (primary N) is 1. The highest BCUT2D eigenvalue weighted by molar-refractivity contribution is 8.02. The lowest BCUT2D eigenvalue weighted by molar-refractivity contribution is 0.594. The van der Waals surface area contributed by atoms with Gasteiger partial charge in [-0.25, -0.2) is 8.42 Å². The van der Waals surface area contributed by atoms with Crippen LogP contribution in [0.25, 0.3) is 0 Å². The standard InChI is InChI=1S/C8H14N2O2S3/c1-3-5-15(11,12)6-7(9)10-14-8(6)13-4-2/h3-5H2,1-2H3,(H2,9,10). The van der Waals surface area contributed by atoms with Gasteiger partial charge in [-0.15, -0.1) is 11.8 Å². The van der Waals surface area contributed by atoms with Crippen LogP contribution in [0.2, 0.25) is 0 Å². The summed E-state index contributed by atoms with van der Waals surface area (Å²) in [5.41, 5.74) is 5.59. The van der Waals surface area contributed by atoms with Crippen LogP contribution < -0.4 is 5.73 Å². The largest absolute Gasteiger partial charge is 0.382 e. The first-order valence-electron chi connectivity index (χ1n) is 4.63. The highest BCUT2D eigenvalue weighted by Crippen LogP contribution is 2.35. The predicted molar refractivity (Wildman–Crippen MR) is 65.3 cm³/mol. The summed E-state index contributed by atoms with van der Waals surface area (Å²) in [6.07, 6.45) is 0.591. The van der Waals surface area contributed by atoms with Crippen molar-refractivity contribution < 1.29 is 8.42 Å². The fraction of sp³-hybridized carbons (Fsp3) is 0.625. The molecule has 1 rings (SSSR count). The van der Waals surface area contributed by atoms with Crippen molar-refractivity contribution in [3.63, 3.8) is 0 Å². The highest BCUT2D eigenvalue weighted by atomic mass is 32.2. The molecule has 4 nitrogen and oxygen atoms in total. The van der Waals surface area contributed by atoms with E-state index in [2.05, 4.69) is 4.37 Å². The second kappa shape index (κ2) is 5.18. The molecule has 0 aliphatic heterocycles. The number of aromatic nitrogens is 1. The lowest BCUT2D eigenvalue weighted by atomic mass is 10.6. The number of anilines is 1. The Hall–Kier alpha value is -0.270. The predicted octanol–water partition coefficient (Wildman–Crippen LogP) is 2.02. The number of hydrogen-bond acceptors (Lipinski definition) is 6. The molecule has 0 aromatic carbocycles. The molecule has 15 heavy (non-hydrogen) atoms. The van der Waals surface area contributed by atoms with Gasteiger partial charge >= 0.3 is 0 Å². The van der Waals surface area contributed by atoms with E-state index in [1.54, 1.807) is 0 Å². The van der Waals surface area contributed by atoms with Crippen molar-refractivity contribution in [3.05, 3.63) is 0 Å². The molecule has 0 saturated heterocycles. The molecule has 1 aromatic heterocycles. The van der Waals surface area contributed by atoms with E-state index in [9.17, 15) is 8.42 Å². The fourth-order valence-electron chi connectivity index (χ4n) is 1.16. The minimum Gasteiger partial charge on any atom is -0.382 e. The lowest BCUT2D eigenvalue weighted by Crippen LogP contribution is -2.08. The summed E-state index contributed by atoms with van der Waals surface area (Å²) in [7, 11) is -3.25. The minimum absolute atomic E-state index is 0.132. The number of hydrogen-bond donors (Lipinski definition) is 1. The minimum atomic E-state index is -3.25. The monoisotopic (exact) mass is 266 g/mol. The van der Waals surface area contributed by atoms with Gasteiger partial charge in [-0.3, -0.25) is 0 Å². The third-order valence-corrected chi connectivity index (χ3v) is 5.93. The molecular formula is C8H14N2O2S3. The molecule has 2 N–H and O–H groups in total. The van der Waals surface area contributed by atoms with Gasteiger partial charge < -0.3 is 5.73 Å². The smallest absolute Gasteiger partial charge is 0.184 e. The van der Waals surface area contributed by atoms with Crippen molar-refractivity contribution in [1.29, 1.82) is 0 Å². The van der Waals surface area contributed by atoms with Gasteiger partial charge in [0.25, 0.3) is 0 Å². The van der Waals surface area contributed by atoms with Crippen LogP contribution in [0, 0.1) is 0 Å². The maximum absolute atomic E-state index is 11.9. The van der Waals surface area contributed by atoms with E-state index < -0.39 is 9.84 Å². The fourth-order valence-corrected chi connectivity index (χ4v) is 5.26. The van der Waals surface area contributed by atoms with E-state index >= 15 is 0 Å². The molecule has 0 unspecified atom stereocenters. The van der Waals surface area contributed by atoms with Crippen LogP contribution in [0.4, 0.5) is 5.82 Å². The zero-order chi connectivity index (χ0) is 11.5. The average molecular weight is 266 g/mol. The summed E-state index contributed by atoms with van der Waals surface area (Å²) in [4.78, 5) is 0.237. The number of rotatable bonds is 5. The third kappa shape index (κ3) is 2.85. The molecule has 0 aliphatic carbocycles. The van der Waals surface area contributed by atoms with Gasteiger partial charge in [0.2, 0.25) is 0 Å². The van der Waals surface area contributed by atoms with Crippen LogP contribution in [0.3, 0.4) is 0 Å². The molecule has 86 valence electrons. The first kappa shape index (κ1) is 12.8. The van der Waals surface area contributed by atoms with Crippen molar-refractivity contribution >= 4 is 38.9 Å². The molecule has 0 fully saturated rings. The molecule has 0 saturated carbocycles. The number of sulfone groups is 1. The second-order valence-corrected chi connectivity index (χ2v) is 7.29. The number of nitrogens with zero attached hydrogens (tertiary/aromatic N) is 1. The Morgan fingerprint density at radius 2 is 2.13 bits per heavy atom. The molecule has 0 atom stereocenters. The summed E-state index contributed by atoms with van der Waals surface area (Å²) in [5.74, 6) is 1.09. The van der Waals surface area contributed by atoms with E-state index in [1.807, 2.05) is 13.8 Å². The molecule has 7 heteroatoms. The summed E-state index contributed by atoms with van der Waals surface area (Å²) in [5, 5.41) is 0. The molecule has 1 aromatic rings. The van der Waals surface area contributed by atoms with Crippen molar-refractivity contribution in [2.45, 2.75) is 29.4 Å². The summed E-state index contributed by atoms with van der Waals surface area (Å²) in [6, 6.07) is 0. The van der Waals surface area contributed by atoms with Crippen LogP contribution in [0.5, 0.6) is 0 Å². The van der Waals surface area contributed by atoms with Crippen LogP contribution in [-0.2, 0) is 9.84 Å². The van der Waals surface area contributed by atoms with E-state index in [0.717, 1.165) is 17.3 Å². The average Bonchev–Trinajstić information content (AvgIpc) is 2.48. The van der Waals surface area contributed by atoms with Crippen LogP contribution in [0.15, 0.2) is 9.10 Å². The van der Waals surface area contributed by atoms with E-state index in [0.29, 0.717) is 10.6 Å². The lowest BCUT2D eigenvalue weighted by Gasteiger charge is -2.03. The van der Waals surface area contributed by atoms with E-state index in [-0.39, 0.29) is 16.5 Å². The van der Waals surface area contributed by atoms with Gasteiger partial charge in [-0.1, -0.05) is 13.8 Å². The van der Waals surface area contributed by atoms with E-state index in [1.165, 1.54) is 11.8 Å². The zero-order valence-electron chi connectivity index (χ0n) is 8.69. The highest BCUT2D eigenvalue weighted by Gasteiger charge is 2.24. The van der Waals surface area contributed by atoms with Gasteiger partial charge in [0.1, 0.15) is 9.10 Å². The SMILES string of the molecule is CCCS(=O)(=O)c1c(N)nsc1SCC. The van der Waals surface area contributed by atoms with Crippen molar-refractivity contribution in [3.8, 4) is 0 Å². The van der Waals surface area contributed by atoms with Crippen molar-refractivity contribution in [2.24, 2.45) is 0 Å². The Morgan fingerprint density at radius 1 is 1.47 bits per heavy atom. The Kier molecular flexibility index (Phi) is 4.42. The zero-order valence-corrected chi connectivity index (χ0v) is 11.1. The molecule has 1 heterocycles. The van der Waals surface area contributed by atoms with Gasteiger partial charge in [-0.05, 0) is 23.7 Å². The van der Waals surface area contributed by atoms with Crippen molar-refractivity contribution in [2.75, 3.05) is 17.2 Å². The molecular weight excluding hydrogens is 252 g/mol. The summed E-state index contributed by atoms with van der Waals surface area (Å²) < 4.78 is 28.4. The van der Waals surface area contributed by atoms with Gasteiger partial charge in [0.05, 0.1) is 5.75 Å². The van der Waals surface area contributed by atoms with Gasteiger partial charge in [0, 0.05) is 0 Å². The first-order chi connectivity index (χ1) is 7.03. The number of nitrogen functional groups attached to an aromatic ring is 1. The van der Waals surface area contributed by atoms with Crippen LogP contribution in [-0.4, -0.2) is 24.3 Å². The topological polar surface area (TPSA) is 73.0 Å². The molecule has 0 amide bonds. The first-order valence-corrected chi connectivity index (χ1v) is 8.04. The van der Waals surface area contributed by atoms with Crippen molar-refractivity contribution in [1.82, 2.24) is 4.37 Å². The number of thioether (sulfide) groups is 1. The van der Waals surface area contributed by atoms with Gasteiger partial charge in [0.15, 0.2) is 15.7 Å². The van der Waals surface area contributed by atoms with E-state index in [4.69, 9.17) is 5.73 Å². The van der Waals surface area contributed by atoms with Gasteiger partial charge in [-0.2, -0.15) is 4.37 Å². The molecule has 0 spiro atoms. The van der Waals surface area contributed by atoms with Crippen LogP contribution >= 0.6 is 23.3 Å². The normalized spacial score (nSPS) is 11.9. The maximum atomic E-state index is 11.9. The Balaban J connectivity index is 3.17. The Labute approximate surface area is 98.3 Å². The third-order valence-electron chi connectivity index (χ3n) is 1.70. The maximum Gasteiger partial charge on any atom is 0.184 e. The molecule has 0 aliphatic rings. The molecule has 0 radical (unpaired) electrons. The van der Waals surface area contributed by atoms with Crippen LogP contribution in [0.1, 0.15) is 20.3 Å². The Bertz CT molecular complexity index is 425. The second-order valence-electron chi connectivity index (χ2n) is 2.94. The summed E-state index contributed by atoms with van der Waals surface area (Å²) in [6.45, 7) is 3.80. The Morgan fingerprint density at radius 3 is 2.67 bits per heavy atom. The summed E-state index contributed by atoms with van der Waals surface area (Å²) >= 11 is 2.63. The molecule has 0 bridgehead atoms.